The van der Waals surface area contributed by atoms with E-state index in [9.17, 15) is 13.2 Å². The number of ether oxygens (including phenoxy) is 1. The molecule has 7 heteroatoms. The van der Waals surface area contributed by atoms with Crippen molar-refractivity contribution in [2.24, 2.45) is 18.0 Å². The maximum Gasteiger partial charge on any atom is 0.391 e. The Labute approximate surface area is 173 Å². The zero-order valence-electron chi connectivity index (χ0n) is 16.8. The van der Waals surface area contributed by atoms with Crippen LogP contribution >= 0.6 is 0 Å². The molecule has 4 nitrogen and oxygen atoms in total. The van der Waals surface area contributed by atoms with Crippen LogP contribution in [0.3, 0.4) is 0 Å². The van der Waals surface area contributed by atoms with Gasteiger partial charge < -0.3 is 9.30 Å². The van der Waals surface area contributed by atoms with Gasteiger partial charge in [0, 0.05) is 37.2 Å². The van der Waals surface area contributed by atoms with Crippen LogP contribution in [0.25, 0.3) is 22.0 Å². The zero-order chi connectivity index (χ0) is 21.3. The van der Waals surface area contributed by atoms with E-state index in [1.165, 1.54) is 0 Å². The summed E-state index contributed by atoms with van der Waals surface area (Å²) in [4.78, 5) is 5.98. The predicted octanol–water partition coefficient (Wildman–Crippen LogP) is 5.79. The van der Waals surface area contributed by atoms with Gasteiger partial charge in [0.2, 0.25) is 0 Å². The molecule has 1 saturated heterocycles. The molecule has 0 N–H and O–H groups in total. The van der Waals surface area contributed by atoms with Crippen LogP contribution in [0, 0.1) is 5.92 Å². The standard InChI is InChI=1S/C23H24F3N3O/c1-27-20-14-17(16-3-5-21-18(13-16)7-10-28(21)2)4-6-22(20)30-15-29-11-8-19(9-12-29)23(24,25)26/h3-7,10,13-14,19H,1,8-9,11-12,15H2,2H3. The number of likely N-dealkylation sites (tertiary alicyclic amines) is 1. The van der Waals surface area contributed by atoms with Gasteiger partial charge in [-0.3, -0.25) is 9.89 Å². The largest absolute Gasteiger partial charge is 0.476 e. The molecule has 0 unspecified atom stereocenters. The molecule has 0 bridgehead atoms. The first kappa shape index (κ1) is 20.5. The fourth-order valence-electron chi connectivity index (χ4n) is 3.95. The summed E-state index contributed by atoms with van der Waals surface area (Å²) in [5.41, 5.74) is 3.85. The molecule has 1 aliphatic rings. The highest BCUT2D eigenvalue weighted by Crippen LogP contribution is 2.36. The normalized spacial score (nSPS) is 16.1. The maximum atomic E-state index is 12.8. The number of rotatable bonds is 5. The summed E-state index contributed by atoms with van der Waals surface area (Å²) in [6, 6.07) is 14.1. The number of aliphatic imine (C=N–C) groups is 1. The van der Waals surface area contributed by atoms with Gasteiger partial charge in [-0.15, -0.1) is 0 Å². The van der Waals surface area contributed by atoms with E-state index in [2.05, 4.69) is 40.5 Å². The van der Waals surface area contributed by atoms with Crippen LogP contribution in [0.2, 0.25) is 0 Å². The van der Waals surface area contributed by atoms with Gasteiger partial charge in [0.15, 0.2) is 0 Å². The Bertz CT molecular complexity index is 1050. The van der Waals surface area contributed by atoms with Crippen molar-refractivity contribution >= 4 is 23.3 Å². The lowest BCUT2D eigenvalue weighted by molar-refractivity contribution is -0.186. The zero-order valence-corrected chi connectivity index (χ0v) is 16.8. The highest BCUT2D eigenvalue weighted by molar-refractivity contribution is 5.86. The van der Waals surface area contributed by atoms with Gasteiger partial charge in [-0.05, 0) is 61.0 Å². The van der Waals surface area contributed by atoms with E-state index in [4.69, 9.17) is 4.74 Å². The summed E-state index contributed by atoms with van der Waals surface area (Å²) in [6.07, 6.45) is -1.86. The number of hydrogen-bond donors (Lipinski definition) is 0. The van der Waals surface area contributed by atoms with E-state index in [1.807, 2.05) is 36.3 Å². The van der Waals surface area contributed by atoms with Crippen LogP contribution in [0.5, 0.6) is 5.75 Å². The highest BCUT2D eigenvalue weighted by Gasteiger charge is 2.41. The minimum Gasteiger partial charge on any atom is -0.476 e. The number of alkyl halides is 3. The van der Waals surface area contributed by atoms with Gasteiger partial charge in [-0.1, -0.05) is 12.1 Å². The molecule has 2 aromatic carbocycles. The molecule has 0 atom stereocenters. The first-order valence-electron chi connectivity index (χ1n) is 9.93. The monoisotopic (exact) mass is 415 g/mol. The molecule has 30 heavy (non-hydrogen) atoms. The number of aromatic nitrogens is 1. The summed E-state index contributed by atoms with van der Waals surface area (Å²) in [5.74, 6) is -0.632. The number of piperidine rings is 1. The molecule has 0 amide bonds. The van der Waals surface area contributed by atoms with Crippen molar-refractivity contribution in [1.82, 2.24) is 9.47 Å². The van der Waals surface area contributed by atoms with Gasteiger partial charge in [0.05, 0.1) is 5.92 Å². The number of benzene rings is 2. The molecule has 0 aliphatic carbocycles. The van der Waals surface area contributed by atoms with E-state index in [0.717, 1.165) is 22.0 Å². The van der Waals surface area contributed by atoms with Crippen LogP contribution in [-0.2, 0) is 7.05 Å². The number of hydrogen-bond acceptors (Lipinski definition) is 3. The van der Waals surface area contributed by atoms with Gasteiger partial charge in [0.1, 0.15) is 18.2 Å². The van der Waals surface area contributed by atoms with Gasteiger partial charge in [0.25, 0.3) is 0 Å². The Balaban J connectivity index is 1.44. The first-order valence-corrected chi connectivity index (χ1v) is 9.93. The third kappa shape index (κ3) is 4.21. The van der Waals surface area contributed by atoms with E-state index in [0.29, 0.717) is 24.5 Å². The second-order valence-electron chi connectivity index (χ2n) is 7.75. The van der Waals surface area contributed by atoms with Crippen LogP contribution in [0.1, 0.15) is 12.8 Å². The maximum absolute atomic E-state index is 12.8. The first-order chi connectivity index (χ1) is 14.3. The lowest BCUT2D eigenvalue weighted by Crippen LogP contribution is -2.40. The predicted molar refractivity (Wildman–Crippen MR) is 113 cm³/mol. The smallest absolute Gasteiger partial charge is 0.391 e. The van der Waals surface area contributed by atoms with Crippen molar-refractivity contribution in [2.75, 3.05) is 19.8 Å². The molecule has 1 fully saturated rings. The Morgan fingerprint density at radius 1 is 1.07 bits per heavy atom. The van der Waals surface area contributed by atoms with Crippen molar-refractivity contribution in [3.8, 4) is 16.9 Å². The summed E-state index contributed by atoms with van der Waals surface area (Å²) in [7, 11) is 2.01. The van der Waals surface area contributed by atoms with Crippen LogP contribution in [-0.4, -0.2) is 42.2 Å². The van der Waals surface area contributed by atoms with Crippen LogP contribution < -0.4 is 4.74 Å². The summed E-state index contributed by atoms with van der Waals surface area (Å²) >= 11 is 0. The summed E-state index contributed by atoms with van der Waals surface area (Å²) in [6.45, 7) is 4.62. The van der Waals surface area contributed by atoms with Crippen molar-refractivity contribution in [3.63, 3.8) is 0 Å². The number of aryl methyl sites for hydroxylation is 1. The van der Waals surface area contributed by atoms with E-state index in [1.54, 1.807) is 0 Å². The molecular formula is C23H24F3N3O. The van der Waals surface area contributed by atoms with Crippen molar-refractivity contribution in [1.29, 1.82) is 0 Å². The van der Waals surface area contributed by atoms with Crippen molar-refractivity contribution < 1.29 is 17.9 Å². The van der Waals surface area contributed by atoms with Crippen LogP contribution in [0.4, 0.5) is 18.9 Å². The lowest BCUT2D eigenvalue weighted by atomic mass is 9.97. The van der Waals surface area contributed by atoms with Gasteiger partial charge in [-0.2, -0.15) is 13.2 Å². The van der Waals surface area contributed by atoms with Gasteiger partial charge in [-0.25, -0.2) is 0 Å². The third-order valence-corrected chi connectivity index (χ3v) is 5.80. The molecule has 4 rings (SSSR count). The quantitative estimate of drug-likeness (QED) is 0.494. The fraction of sp³-hybridized carbons (Fsp3) is 0.348. The molecule has 0 saturated carbocycles. The van der Waals surface area contributed by atoms with Crippen molar-refractivity contribution in [3.05, 3.63) is 48.7 Å². The number of halogens is 3. The Morgan fingerprint density at radius 3 is 2.47 bits per heavy atom. The lowest BCUT2D eigenvalue weighted by Gasteiger charge is -2.32. The summed E-state index contributed by atoms with van der Waals surface area (Å²) < 4.78 is 46.4. The Kier molecular flexibility index (Phi) is 5.56. The molecular weight excluding hydrogens is 391 g/mol. The molecule has 0 spiro atoms. The van der Waals surface area contributed by atoms with Crippen molar-refractivity contribution in [2.45, 2.75) is 19.0 Å². The second kappa shape index (κ2) is 8.14. The number of fused-ring (bicyclic) bond motifs is 1. The van der Waals surface area contributed by atoms with Crippen LogP contribution in [0.15, 0.2) is 53.7 Å². The SMILES string of the molecule is C=Nc1cc(-c2ccc3c(ccn3C)c2)ccc1OCN1CCC(C(F)(F)F)CC1. The average Bonchev–Trinajstić information content (AvgIpc) is 3.12. The average molecular weight is 415 g/mol. The van der Waals surface area contributed by atoms with E-state index >= 15 is 0 Å². The Morgan fingerprint density at radius 2 is 1.77 bits per heavy atom. The minimum atomic E-state index is -4.11. The molecule has 2 heterocycles. The Hall–Kier alpha value is -2.80. The minimum absolute atomic E-state index is 0.111. The molecule has 3 aromatic rings. The third-order valence-electron chi connectivity index (χ3n) is 5.80. The number of nitrogens with zero attached hydrogens (tertiary/aromatic N) is 3. The highest BCUT2D eigenvalue weighted by atomic mass is 19.4. The van der Waals surface area contributed by atoms with Gasteiger partial charge >= 0.3 is 6.18 Å². The van der Waals surface area contributed by atoms with E-state index in [-0.39, 0.29) is 19.6 Å². The fourth-order valence-corrected chi connectivity index (χ4v) is 3.95. The second-order valence-corrected chi connectivity index (χ2v) is 7.75. The molecule has 1 aliphatic heterocycles. The molecule has 0 radical (unpaired) electrons. The topological polar surface area (TPSA) is 29.8 Å². The molecule has 1 aromatic heterocycles. The summed E-state index contributed by atoms with van der Waals surface area (Å²) in [5, 5.41) is 1.16. The molecule has 158 valence electrons. The van der Waals surface area contributed by atoms with E-state index < -0.39 is 12.1 Å².